The van der Waals surface area contributed by atoms with E-state index in [1.54, 1.807) is 42.5 Å². The number of benzene rings is 3. The Morgan fingerprint density at radius 2 is 1.76 bits per heavy atom. The summed E-state index contributed by atoms with van der Waals surface area (Å²) in [5.74, 6) is -0.703. The number of hydrogen-bond acceptors (Lipinski definition) is 5. The maximum Gasteiger partial charge on any atom is 0.329 e. The zero-order valence-corrected chi connectivity index (χ0v) is 20.3. The number of halogens is 2. The Balaban J connectivity index is 1.58. The van der Waals surface area contributed by atoms with E-state index in [4.69, 9.17) is 32.7 Å². The molecule has 0 aliphatic carbocycles. The fourth-order valence-corrected chi connectivity index (χ4v) is 3.28. The van der Waals surface area contributed by atoms with Gasteiger partial charge in [0.05, 0.1) is 23.4 Å². The molecule has 2 N–H and O–H groups in total. The van der Waals surface area contributed by atoms with Gasteiger partial charge in [-0.3, -0.25) is 9.59 Å². The van der Waals surface area contributed by atoms with Crippen LogP contribution in [0.2, 0.25) is 10.0 Å². The topological polar surface area (TPSA) is 89.0 Å². The summed E-state index contributed by atoms with van der Waals surface area (Å²) in [6, 6.07) is 15.9. The van der Waals surface area contributed by atoms with Crippen molar-refractivity contribution in [2.45, 2.75) is 20.5 Å². The van der Waals surface area contributed by atoms with Crippen LogP contribution < -0.4 is 20.2 Å². The Bertz CT molecular complexity index is 1240. The third-order valence-electron chi connectivity index (χ3n) is 5.00. The largest absolute Gasteiger partial charge is 0.493 e. The second kappa shape index (κ2) is 11.5. The van der Waals surface area contributed by atoms with Crippen LogP contribution in [0, 0.1) is 13.8 Å². The molecule has 0 aromatic heterocycles. The predicted molar refractivity (Wildman–Crippen MR) is 134 cm³/mol. The Labute approximate surface area is 207 Å². The van der Waals surface area contributed by atoms with Gasteiger partial charge in [0.1, 0.15) is 6.61 Å². The van der Waals surface area contributed by atoms with Gasteiger partial charge in [0.25, 0.3) is 0 Å². The van der Waals surface area contributed by atoms with E-state index in [1.807, 2.05) is 26.0 Å². The number of methoxy groups -OCH3 is 1. The molecule has 0 heterocycles. The Kier molecular flexibility index (Phi) is 8.51. The number of ether oxygens (including phenoxy) is 2. The van der Waals surface area contributed by atoms with E-state index in [9.17, 15) is 9.59 Å². The molecule has 0 saturated carbocycles. The number of nitrogens with one attached hydrogen (secondary N) is 2. The number of rotatable bonds is 7. The first-order chi connectivity index (χ1) is 16.3. The molecule has 0 aliphatic heterocycles. The van der Waals surface area contributed by atoms with Gasteiger partial charge in [0.15, 0.2) is 11.5 Å². The van der Waals surface area contributed by atoms with Crippen LogP contribution in [-0.2, 0) is 16.2 Å². The fraction of sp³-hybridized carbons (Fsp3) is 0.160. The molecule has 0 saturated heterocycles. The zero-order chi connectivity index (χ0) is 24.7. The number of hydrogen-bond donors (Lipinski definition) is 2. The molecular formula is C25H23Cl2N3O4. The van der Waals surface area contributed by atoms with Crippen molar-refractivity contribution < 1.29 is 19.1 Å². The van der Waals surface area contributed by atoms with Crippen LogP contribution in [0.4, 0.5) is 5.69 Å². The lowest BCUT2D eigenvalue weighted by Crippen LogP contribution is -2.32. The highest BCUT2D eigenvalue weighted by Gasteiger charge is 2.14. The minimum atomic E-state index is -0.884. The van der Waals surface area contributed by atoms with Gasteiger partial charge in [-0.1, -0.05) is 41.4 Å². The van der Waals surface area contributed by atoms with Crippen LogP contribution in [-0.4, -0.2) is 25.1 Å². The van der Waals surface area contributed by atoms with Crippen molar-refractivity contribution in [2.24, 2.45) is 5.10 Å². The lowest BCUT2D eigenvalue weighted by Gasteiger charge is -2.12. The van der Waals surface area contributed by atoms with Crippen molar-refractivity contribution in [1.82, 2.24) is 5.43 Å². The van der Waals surface area contributed by atoms with Gasteiger partial charge in [0.2, 0.25) is 0 Å². The molecule has 9 heteroatoms. The standard InChI is InChI=1S/C25H23Cl2N3O4/c1-15-5-4-6-21(16(15)2)29-24(31)25(32)30-28-13-17-8-10-22(23(12-17)33-3)34-14-18-7-9-19(26)20(27)11-18/h4-13H,14H2,1-3H3,(H,29,31)(H,30,32)/b28-13-. The Morgan fingerprint density at radius 3 is 2.50 bits per heavy atom. The molecule has 3 aromatic rings. The van der Waals surface area contributed by atoms with E-state index in [0.717, 1.165) is 16.7 Å². The SMILES string of the molecule is COc1cc(/C=N\NC(=O)C(=O)Nc2cccc(C)c2C)ccc1OCc1ccc(Cl)c(Cl)c1. The summed E-state index contributed by atoms with van der Waals surface area (Å²) in [7, 11) is 1.52. The number of carbonyl (C=O) groups excluding carboxylic acids is 2. The zero-order valence-electron chi connectivity index (χ0n) is 18.8. The smallest absolute Gasteiger partial charge is 0.329 e. The van der Waals surface area contributed by atoms with Gasteiger partial charge in [-0.05, 0) is 72.5 Å². The van der Waals surface area contributed by atoms with E-state index >= 15 is 0 Å². The van der Waals surface area contributed by atoms with Crippen molar-refractivity contribution in [2.75, 3.05) is 12.4 Å². The first kappa shape index (κ1) is 25.1. The van der Waals surface area contributed by atoms with Crippen LogP contribution in [0.15, 0.2) is 59.7 Å². The van der Waals surface area contributed by atoms with E-state index in [-0.39, 0.29) is 6.61 Å². The van der Waals surface area contributed by atoms with Gasteiger partial charge in [-0.15, -0.1) is 0 Å². The maximum absolute atomic E-state index is 12.1. The monoisotopic (exact) mass is 499 g/mol. The van der Waals surface area contributed by atoms with E-state index in [0.29, 0.717) is 32.8 Å². The van der Waals surface area contributed by atoms with Crippen LogP contribution in [0.25, 0.3) is 0 Å². The molecule has 0 atom stereocenters. The molecule has 176 valence electrons. The second-order valence-corrected chi connectivity index (χ2v) is 8.16. The molecule has 3 aromatic carbocycles. The molecule has 3 rings (SSSR count). The van der Waals surface area contributed by atoms with Crippen molar-refractivity contribution >= 4 is 46.9 Å². The van der Waals surface area contributed by atoms with Crippen molar-refractivity contribution in [3.63, 3.8) is 0 Å². The van der Waals surface area contributed by atoms with E-state index in [1.165, 1.54) is 13.3 Å². The molecule has 2 amide bonds. The summed E-state index contributed by atoms with van der Waals surface area (Å²) in [5.41, 5.74) is 6.17. The third kappa shape index (κ3) is 6.50. The van der Waals surface area contributed by atoms with Gasteiger partial charge in [-0.2, -0.15) is 5.10 Å². The van der Waals surface area contributed by atoms with Crippen LogP contribution in [0.1, 0.15) is 22.3 Å². The summed E-state index contributed by atoms with van der Waals surface area (Å²) < 4.78 is 11.2. The van der Waals surface area contributed by atoms with Crippen molar-refractivity contribution in [3.8, 4) is 11.5 Å². The average molecular weight is 500 g/mol. The van der Waals surface area contributed by atoms with E-state index in [2.05, 4.69) is 15.8 Å². The second-order valence-electron chi connectivity index (χ2n) is 7.35. The maximum atomic E-state index is 12.1. The fourth-order valence-electron chi connectivity index (χ4n) is 2.96. The lowest BCUT2D eigenvalue weighted by molar-refractivity contribution is -0.136. The summed E-state index contributed by atoms with van der Waals surface area (Å²) in [6.07, 6.45) is 1.40. The number of hydrazone groups is 1. The minimum Gasteiger partial charge on any atom is -0.493 e. The minimum absolute atomic E-state index is 0.270. The quantitative estimate of drug-likeness (QED) is 0.262. The van der Waals surface area contributed by atoms with Crippen LogP contribution in [0.5, 0.6) is 11.5 Å². The lowest BCUT2D eigenvalue weighted by atomic mass is 10.1. The number of amides is 2. The molecule has 7 nitrogen and oxygen atoms in total. The molecule has 0 bridgehead atoms. The summed E-state index contributed by atoms with van der Waals surface area (Å²) in [5, 5.41) is 7.36. The molecule has 34 heavy (non-hydrogen) atoms. The Hall–Kier alpha value is -3.55. The normalized spacial score (nSPS) is 10.7. The van der Waals surface area contributed by atoms with Crippen molar-refractivity contribution in [1.29, 1.82) is 0 Å². The number of carbonyl (C=O) groups is 2. The molecular weight excluding hydrogens is 477 g/mol. The highest BCUT2D eigenvalue weighted by Crippen LogP contribution is 2.29. The summed E-state index contributed by atoms with van der Waals surface area (Å²) >= 11 is 12.0. The molecule has 0 fully saturated rings. The average Bonchev–Trinajstić information content (AvgIpc) is 2.83. The molecule has 0 unspecified atom stereocenters. The number of aryl methyl sites for hydroxylation is 1. The number of anilines is 1. The first-order valence-electron chi connectivity index (χ1n) is 10.2. The van der Waals surface area contributed by atoms with Gasteiger partial charge in [-0.25, -0.2) is 5.43 Å². The molecule has 0 radical (unpaired) electrons. The summed E-state index contributed by atoms with van der Waals surface area (Å²) in [6.45, 7) is 4.06. The number of nitrogens with zero attached hydrogens (tertiary/aromatic N) is 1. The summed E-state index contributed by atoms with van der Waals surface area (Å²) in [4.78, 5) is 24.2. The Morgan fingerprint density at radius 1 is 0.971 bits per heavy atom. The van der Waals surface area contributed by atoms with Gasteiger partial charge in [0, 0.05) is 5.69 Å². The highest BCUT2D eigenvalue weighted by molar-refractivity contribution is 6.42. The van der Waals surface area contributed by atoms with E-state index < -0.39 is 11.8 Å². The predicted octanol–water partition coefficient (Wildman–Crippen LogP) is 5.29. The first-order valence-corrected chi connectivity index (χ1v) is 11.0. The van der Waals surface area contributed by atoms with Crippen LogP contribution >= 0.6 is 23.2 Å². The van der Waals surface area contributed by atoms with Crippen molar-refractivity contribution in [3.05, 3.63) is 86.9 Å². The van der Waals surface area contributed by atoms with Crippen LogP contribution in [0.3, 0.4) is 0 Å². The van der Waals surface area contributed by atoms with Gasteiger partial charge < -0.3 is 14.8 Å². The molecule has 0 spiro atoms. The van der Waals surface area contributed by atoms with Gasteiger partial charge >= 0.3 is 11.8 Å². The highest BCUT2D eigenvalue weighted by atomic mass is 35.5. The molecule has 0 aliphatic rings. The third-order valence-corrected chi connectivity index (χ3v) is 5.74.